The zero-order valence-electron chi connectivity index (χ0n) is 12.6. The molecule has 0 aromatic rings. The van der Waals surface area contributed by atoms with Crippen molar-refractivity contribution in [1.82, 2.24) is 4.90 Å². The van der Waals surface area contributed by atoms with Gasteiger partial charge in [-0.3, -0.25) is 9.59 Å². The van der Waals surface area contributed by atoms with Crippen molar-refractivity contribution in [2.75, 3.05) is 13.1 Å². The predicted molar refractivity (Wildman–Crippen MR) is 73.4 cm³/mol. The summed E-state index contributed by atoms with van der Waals surface area (Å²) in [6.07, 6.45) is -1.82. The Bertz CT molecular complexity index is 508. The molecule has 0 spiro atoms. The Kier molecular flexibility index (Phi) is 5.36. The van der Waals surface area contributed by atoms with Gasteiger partial charge in [0.2, 0.25) is 5.91 Å². The Labute approximate surface area is 135 Å². The van der Waals surface area contributed by atoms with Crippen molar-refractivity contribution < 1.29 is 34.5 Å². The first-order valence-corrected chi connectivity index (χ1v) is 7.41. The molecule has 1 amide bonds. The van der Waals surface area contributed by atoms with Gasteiger partial charge in [-0.15, -0.1) is 20.2 Å². The van der Waals surface area contributed by atoms with Crippen LogP contribution in [0.25, 0.3) is 0 Å². The van der Waals surface area contributed by atoms with Gasteiger partial charge in [-0.25, -0.2) is 0 Å². The number of nitrogens with zero attached hydrogens (tertiary/aromatic N) is 3. The van der Waals surface area contributed by atoms with E-state index in [1.807, 2.05) is 0 Å². The highest BCUT2D eigenvalue weighted by molar-refractivity contribution is 5.80. The van der Waals surface area contributed by atoms with Crippen LogP contribution in [0.2, 0.25) is 0 Å². The third-order valence-corrected chi connectivity index (χ3v) is 4.40. The maximum atomic E-state index is 12.5. The molecule has 0 bridgehead atoms. The first-order valence-electron chi connectivity index (χ1n) is 7.41. The summed E-state index contributed by atoms with van der Waals surface area (Å²) >= 11 is 0. The average molecular weight is 347 g/mol. The number of carboxylic acids is 1. The fourth-order valence-electron chi connectivity index (χ4n) is 3.21. The first kappa shape index (κ1) is 17.7. The van der Waals surface area contributed by atoms with E-state index in [-0.39, 0.29) is 31.8 Å². The SMILES string of the molecule is O=C(O)C1CCN(C(=O)[C@@H]2C[C@H](O[N+](=O)[O-])[C@H](O[N+](=O)[O-])C2)CC1. The van der Waals surface area contributed by atoms with Crippen LogP contribution in [0.5, 0.6) is 0 Å². The van der Waals surface area contributed by atoms with Crippen LogP contribution in [-0.2, 0) is 19.3 Å². The molecular weight excluding hydrogens is 330 g/mol. The topological polar surface area (TPSA) is 162 Å². The molecule has 134 valence electrons. The van der Waals surface area contributed by atoms with Gasteiger partial charge < -0.3 is 19.7 Å². The number of hydrogen-bond donors (Lipinski definition) is 1. The highest BCUT2D eigenvalue weighted by Crippen LogP contribution is 2.33. The minimum atomic E-state index is -1.18. The average Bonchev–Trinajstić information content (AvgIpc) is 2.88. The molecule has 24 heavy (non-hydrogen) atoms. The summed E-state index contributed by atoms with van der Waals surface area (Å²) in [4.78, 5) is 54.6. The van der Waals surface area contributed by atoms with Gasteiger partial charge in [-0.1, -0.05) is 0 Å². The Balaban J connectivity index is 1.96. The van der Waals surface area contributed by atoms with Crippen molar-refractivity contribution in [2.45, 2.75) is 37.9 Å². The minimum absolute atomic E-state index is 0.0584. The maximum Gasteiger partial charge on any atom is 0.306 e. The third-order valence-electron chi connectivity index (χ3n) is 4.40. The lowest BCUT2D eigenvalue weighted by molar-refractivity contribution is -0.797. The Morgan fingerprint density at radius 3 is 1.79 bits per heavy atom. The Morgan fingerprint density at radius 2 is 1.42 bits per heavy atom. The largest absolute Gasteiger partial charge is 0.481 e. The standard InChI is InChI=1S/C12H17N3O9/c16-11(13-3-1-7(2-4-13)12(17)18)8-5-9(23-14(19)20)10(6-8)24-15(21)22/h7-10H,1-6H2,(H,17,18)/t8-,9+,10-. The summed E-state index contributed by atoms with van der Waals surface area (Å²) in [5, 5.41) is 27.8. The zero-order chi connectivity index (χ0) is 17.9. The van der Waals surface area contributed by atoms with E-state index >= 15 is 0 Å². The van der Waals surface area contributed by atoms with Gasteiger partial charge in [0.1, 0.15) is 12.2 Å². The summed E-state index contributed by atoms with van der Waals surface area (Å²) in [5.74, 6) is -2.40. The van der Waals surface area contributed by atoms with Crippen LogP contribution in [0.15, 0.2) is 0 Å². The van der Waals surface area contributed by atoms with Gasteiger partial charge in [0, 0.05) is 19.0 Å². The van der Waals surface area contributed by atoms with Crippen LogP contribution in [-0.4, -0.2) is 57.4 Å². The van der Waals surface area contributed by atoms with Crippen molar-refractivity contribution in [1.29, 1.82) is 0 Å². The van der Waals surface area contributed by atoms with Crippen molar-refractivity contribution >= 4 is 11.9 Å². The fourth-order valence-corrected chi connectivity index (χ4v) is 3.21. The number of carbonyl (C=O) groups excluding carboxylic acids is 1. The van der Waals surface area contributed by atoms with Gasteiger partial charge in [0.25, 0.3) is 10.2 Å². The van der Waals surface area contributed by atoms with E-state index in [0.29, 0.717) is 12.8 Å². The Hall–Kier alpha value is -2.66. The third kappa shape index (κ3) is 4.20. The van der Waals surface area contributed by atoms with E-state index < -0.39 is 40.2 Å². The molecular formula is C12H17N3O9. The molecule has 0 unspecified atom stereocenters. The van der Waals surface area contributed by atoms with Crippen LogP contribution in [0, 0.1) is 32.1 Å². The maximum absolute atomic E-state index is 12.5. The fraction of sp³-hybridized carbons (Fsp3) is 0.833. The lowest BCUT2D eigenvalue weighted by Gasteiger charge is -2.32. The van der Waals surface area contributed by atoms with Crippen LogP contribution >= 0.6 is 0 Å². The molecule has 0 radical (unpaired) electrons. The molecule has 1 saturated carbocycles. The number of hydrogen-bond acceptors (Lipinski definition) is 8. The van der Waals surface area contributed by atoms with E-state index in [1.165, 1.54) is 4.90 Å². The predicted octanol–water partition coefficient (Wildman–Crippen LogP) is -0.127. The van der Waals surface area contributed by atoms with E-state index in [9.17, 15) is 29.8 Å². The molecule has 2 fully saturated rings. The van der Waals surface area contributed by atoms with E-state index in [1.54, 1.807) is 0 Å². The lowest BCUT2D eigenvalue weighted by Crippen LogP contribution is -2.42. The summed E-state index contributed by atoms with van der Waals surface area (Å²) in [6, 6.07) is 0. The molecule has 0 aromatic heterocycles. The molecule has 1 heterocycles. The van der Waals surface area contributed by atoms with Crippen LogP contribution in [0.3, 0.4) is 0 Å². The van der Waals surface area contributed by atoms with Gasteiger partial charge >= 0.3 is 5.97 Å². The number of piperidine rings is 1. The lowest BCUT2D eigenvalue weighted by atomic mass is 9.95. The monoisotopic (exact) mass is 347 g/mol. The van der Waals surface area contributed by atoms with Crippen molar-refractivity contribution in [3.63, 3.8) is 0 Å². The van der Waals surface area contributed by atoms with Gasteiger partial charge in [0.05, 0.1) is 5.92 Å². The van der Waals surface area contributed by atoms with Crippen molar-refractivity contribution in [3.05, 3.63) is 20.2 Å². The normalized spacial score (nSPS) is 27.5. The van der Waals surface area contributed by atoms with Crippen LogP contribution < -0.4 is 0 Å². The molecule has 2 rings (SSSR count). The molecule has 3 atom stereocenters. The number of rotatable bonds is 6. The molecule has 1 N–H and O–H groups in total. The number of aliphatic carboxylic acids is 1. The van der Waals surface area contributed by atoms with E-state index in [0.717, 1.165) is 0 Å². The molecule has 0 aromatic carbocycles. The van der Waals surface area contributed by atoms with E-state index in [4.69, 9.17) is 5.11 Å². The highest BCUT2D eigenvalue weighted by atomic mass is 17.0. The van der Waals surface area contributed by atoms with Crippen molar-refractivity contribution in [3.8, 4) is 0 Å². The number of carbonyl (C=O) groups is 2. The second-order valence-electron chi connectivity index (χ2n) is 5.84. The quantitative estimate of drug-likeness (QED) is 0.509. The van der Waals surface area contributed by atoms with Crippen LogP contribution in [0.4, 0.5) is 0 Å². The second kappa shape index (κ2) is 7.27. The number of carboxylic acid groups (broad SMARTS) is 1. The molecule has 12 heteroatoms. The summed E-state index contributed by atoms with van der Waals surface area (Å²) in [7, 11) is 0. The second-order valence-corrected chi connectivity index (χ2v) is 5.84. The zero-order valence-corrected chi connectivity index (χ0v) is 12.6. The minimum Gasteiger partial charge on any atom is -0.481 e. The molecule has 1 saturated heterocycles. The van der Waals surface area contributed by atoms with Gasteiger partial charge in [-0.2, -0.15) is 0 Å². The van der Waals surface area contributed by atoms with Gasteiger partial charge in [0.15, 0.2) is 0 Å². The summed E-state index contributed by atoms with van der Waals surface area (Å²) in [5.41, 5.74) is 0. The van der Waals surface area contributed by atoms with E-state index in [2.05, 4.69) is 9.68 Å². The Morgan fingerprint density at radius 1 is 0.958 bits per heavy atom. The van der Waals surface area contributed by atoms with Crippen molar-refractivity contribution in [2.24, 2.45) is 11.8 Å². The molecule has 1 aliphatic heterocycles. The highest BCUT2D eigenvalue weighted by Gasteiger charge is 2.44. The summed E-state index contributed by atoms with van der Waals surface area (Å²) < 4.78 is 0. The molecule has 2 aliphatic rings. The number of amides is 1. The molecule has 1 aliphatic carbocycles. The summed E-state index contributed by atoms with van der Waals surface area (Å²) in [6.45, 7) is 0.543. The van der Waals surface area contributed by atoms with Crippen LogP contribution in [0.1, 0.15) is 25.7 Å². The smallest absolute Gasteiger partial charge is 0.306 e. The number of likely N-dealkylation sites (tertiary alicyclic amines) is 1. The first-order chi connectivity index (χ1) is 11.3. The molecule has 12 nitrogen and oxygen atoms in total. The van der Waals surface area contributed by atoms with Gasteiger partial charge in [-0.05, 0) is 25.7 Å².